The number of nitrogens with one attached hydrogen (secondary N) is 1. The van der Waals surface area contributed by atoms with Crippen LogP contribution in [-0.2, 0) is 20.6 Å². The number of ether oxygens (including phenoxy) is 2. The number of likely N-dealkylation sites (N-methyl/N-ethyl adjacent to an activating group) is 1. The first-order chi connectivity index (χ1) is 20.4. The molecule has 0 radical (unpaired) electrons. The minimum absolute atomic E-state index is 0.0606. The summed E-state index contributed by atoms with van der Waals surface area (Å²) >= 11 is 0. The third-order valence-electron chi connectivity index (χ3n) is 7.53. The maximum absolute atomic E-state index is 12.6. The summed E-state index contributed by atoms with van der Waals surface area (Å²) in [7, 11) is -4.22. The molecule has 2 aromatic rings. The van der Waals surface area contributed by atoms with Gasteiger partial charge < -0.3 is 28.7 Å². The Labute approximate surface area is 252 Å². The Balaban J connectivity index is 1.54. The zero-order valence-electron chi connectivity index (χ0n) is 26.1. The van der Waals surface area contributed by atoms with Crippen molar-refractivity contribution in [3.63, 3.8) is 0 Å². The molecule has 0 fully saturated rings. The number of rotatable bonds is 27. The smallest absolute Gasteiger partial charge is 0.350 e. The summed E-state index contributed by atoms with van der Waals surface area (Å²) in [6.45, 7) is 7.12. The summed E-state index contributed by atoms with van der Waals surface area (Å²) in [4.78, 5) is 43.9. The summed E-state index contributed by atoms with van der Waals surface area (Å²) in [5.41, 5.74) is 0.281. The van der Waals surface area contributed by atoms with Gasteiger partial charge in [0.1, 0.15) is 6.35 Å². The number of H-pyrrole nitrogens is 1. The van der Waals surface area contributed by atoms with Gasteiger partial charge in [0, 0.05) is 26.2 Å². The minimum atomic E-state index is -4.22. The lowest BCUT2D eigenvalue weighted by Gasteiger charge is -2.21. The highest BCUT2D eigenvalue weighted by Crippen LogP contribution is 2.33. The van der Waals surface area contributed by atoms with Crippen molar-refractivity contribution in [1.82, 2.24) is 19.5 Å². The number of nitrogens with zero attached hydrogens (tertiary/aromatic N) is 4. The number of aromatic amines is 1. The van der Waals surface area contributed by atoms with E-state index in [0.717, 1.165) is 13.0 Å². The second kappa shape index (κ2) is 21.8. The Hall–Kier alpha value is -1.78. The number of hydrogen-bond acceptors (Lipinski definition) is 7. The largest absolute Gasteiger partial charge is 0.380 e. The lowest BCUT2D eigenvalue weighted by atomic mass is 10.0. The maximum atomic E-state index is 12.6. The second-order valence-electron chi connectivity index (χ2n) is 11.2. The van der Waals surface area contributed by atoms with Crippen LogP contribution in [0.1, 0.15) is 117 Å². The molecular weight excluding hydrogens is 557 g/mol. The zero-order valence-corrected chi connectivity index (χ0v) is 27.0. The molecule has 0 aromatic carbocycles. The van der Waals surface area contributed by atoms with Crippen molar-refractivity contribution in [3.05, 3.63) is 16.7 Å². The lowest BCUT2D eigenvalue weighted by Crippen LogP contribution is -2.31. The van der Waals surface area contributed by atoms with Crippen molar-refractivity contribution in [2.45, 2.75) is 123 Å². The quantitative estimate of drug-likeness (QED) is 0.0773. The van der Waals surface area contributed by atoms with Crippen molar-refractivity contribution in [1.29, 1.82) is 0 Å². The maximum Gasteiger partial charge on any atom is 0.350 e. The second-order valence-corrected chi connectivity index (χ2v) is 12.8. The topological polar surface area (TPSA) is 143 Å². The molecule has 0 unspecified atom stereocenters. The van der Waals surface area contributed by atoms with Gasteiger partial charge in [-0.1, -0.05) is 103 Å². The summed E-state index contributed by atoms with van der Waals surface area (Å²) in [5.74, 6) is 0.443. The fraction of sp³-hybridized carbons (Fsp3) is 0.833. The molecule has 0 aliphatic heterocycles. The Morgan fingerprint density at radius 2 is 1.40 bits per heavy atom. The Bertz CT molecular complexity index is 1070. The number of aromatic nitrogens is 4. The number of hydrogen-bond donors (Lipinski definition) is 3. The van der Waals surface area contributed by atoms with Crippen LogP contribution in [0.3, 0.4) is 0 Å². The van der Waals surface area contributed by atoms with Crippen molar-refractivity contribution in [2.75, 3.05) is 44.2 Å². The molecule has 0 aliphatic carbocycles. The van der Waals surface area contributed by atoms with Crippen LogP contribution in [-0.4, -0.2) is 68.6 Å². The van der Waals surface area contributed by atoms with E-state index in [4.69, 9.17) is 19.3 Å². The molecule has 2 rings (SSSR count). The minimum Gasteiger partial charge on any atom is -0.380 e. The molecule has 0 saturated heterocycles. The monoisotopic (exact) mass is 613 g/mol. The van der Waals surface area contributed by atoms with E-state index in [1.807, 2.05) is 11.8 Å². The van der Waals surface area contributed by atoms with Crippen LogP contribution in [0.2, 0.25) is 0 Å². The number of anilines is 1. The van der Waals surface area contributed by atoms with E-state index in [-0.39, 0.29) is 24.2 Å². The average Bonchev–Trinajstić information content (AvgIpc) is 3.37. The Morgan fingerprint density at radius 1 is 0.833 bits per heavy atom. The van der Waals surface area contributed by atoms with Gasteiger partial charge in [0.05, 0.1) is 19.5 Å². The third-order valence-corrected chi connectivity index (χ3v) is 8.05. The summed E-state index contributed by atoms with van der Waals surface area (Å²) in [6, 6.07) is 0. The fourth-order valence-corrected chi connectivity index (χ4v) is 5.41. The molecule has 0 amide bonds. The van der Waals surface area contributed by atoms with Crippen molar-refractivity contribution >= 4 is 24.7 Å². The van der Waals surface area contributed by atoms with Gasteiger partial charge in [-0.2, -0.15) is 4.98 Å². The van der Waals surface area contributed by atoms with E-state index in [1.165, 1.54) is 103 Å². The predicted octanol–water partition coefficient (Wildman–Crippen LogP) is 6.38. The lowest BCUT2D eigenvalue weighted by molar-refractivity contribution is 0.135. The van der Waals surface area contributed by atoms with Crippen molar-refractivity contribution in [3.8, 4) is 0 Å². The van der Waals surface area contributed by atoms with E-state index in [1.54, 1.807) is 4.57 Å². The van der Waals surface area contributed by atoms with Crippen LogP contribution in [0.4, 0.5) is 5.95 Å². The third kappa shape index (κ3) is 15.6. The van der Waals surface area contributed by atoms with E-state index in [0.29, 0.717) is 31.3 Å². The molecule has 0 aliphatic rings. The standard InChI is InChI=1S/C30H56N5O6P/c1-3-5-6-7-8-9-10-11-12-13-14-15-16-17-18-19-22-40-23-20-34(4-2)30-32-28-27(29(36)33-30)31-25-35(28)21-24-41-26-42(37,38)39/h25H,3-24,26H2,1-2H3,(H,32,33,36)(H2,37,38,39). The van der Waals surface area contributed by atoms with Gasteiger partial charge >= 0.3 is 7.60 Å². The summed E-state index contributed by atoms with van der Waals surface area (Å²) in [6.07, 6.45) is 22.4. The normalized spacial score (nSPS) is 12.0. The SMILES string of the molecule is CCCCCCCCCCCCCCCCCCOCCN(CC)c1nc2c(ncn2CCOCP(=O)(O)O)c(=O)[nH]1. The molecule has 2 heterocycles. The Kier molecular flexibility index (Phi) is 18.9. The summed E-state index contributed by atoms with van der Waals surface area (Å²) in [5, 5.41) is 0. The molecule has 11 nitrogen and oxygen atoms in total. The molecule has 42 heavy (non-hydrogen) atoms. The van der Waals surface area contributed by atoms with Crippen LogP contribution in [0.25, 0.3) is 11.2 Å². The molecule has 0 bridgehead atoms. The highest BCUT2D eigenvalue weighted by atomic mass is 31.2. The predicted molar refractivity (Wildman–Crippen MR) is 169 cm³/mol. The van der Waals surface area contributed by atoms with Gasteiger partial charge in [0.2, 0.25) is 5.95 Å². The first kappa shape index (κ1) is 36.4. The van der Waals surface area contributed by atoms with Gasteiger partial charge in [-0.05, 0) is 13.3 Å². The van der Waals surface area contributed by atoms with Crippen molar-refractivity contribution < 1.29 is 23.8 Å². The highest BCUT2D eigenvalue weighted by Gasteiger charge is 2.15. The Morgan fingerprint density at radius 3 is 1.95 bits per heavy atom. The highest BCUT2D eigenvalue weighted by molar-refractivity contribution is 7.51. The molecule has 0 spiro atoms. The first-order valence-electron chi connectivity index (χ1n) is 16.3. The van der Waals surface area contributed by atoms with Gasteiger partial charge in [-0.3, -0.25) is 14.3 Å². The number of imidazole rings is 1. The molecular formula is C30H56N5O6P. The first-order valence-corrected chi connectivity index (χ1v) is 18.1. The molecule has 0 atom stereocenters. The van der Waals surface area contributed by atoms with Crippen LogP contribution in [0.5, 0.6) is 0 Å². The molecule has 12 heteroatoms. The van der Waals surface area contributed by atoms with E-state index in [9.17, 15) is 9.36 Å². The van der Waals surface area contributed by atoms with Gasteiger partial charge in [0.25, 0.3) is 5.56 Å². The van der Waals surface area contributed by atoms with E-state index in [2.05, 4.69) is 21.9 Å². The zero-order chi connectivity index (χ0) is 30.5. The van der Waals surface area contributed by atoms with E-state index >= 15 is 0 Å². The van der Waals surface area contributed by atoms with E-state index < -0.39 is 13.9 Å². The average molecular weight is 614 g/mol. The molecule has 3 N–H and O–H groups in total. The van der Waals surface area contributed by atoms with Crippen LogP contribution >= 0.6 is 7.60 Å². The molecule has 2 aromatic heterocycles. The van der Waals surface area contributed by atoms with Gasteiger partial charge in [-0.25, -0.2) is 4.98 Å². The molecule has 242 valence electrons. The molecule has 0 saturated carbocycles. The van der Waals surface area contributed by atoms with Crippen LogP contribution in [0, 0.1) is 0 Å². The number of unbranched alkanes of at least 4 members (excludes halogenated alkanes) is 15. The van der Waals surface area contributed by atoms with Crippen LogP contribution in [0.15, 0.2) is 11.1 Å². The number of fused-ring (bicyclic) bond motifs is 1. The van der Waals surface area contributed by atoms with Gasteiger partial charge in [-0.15, -0.1) is 0 Å². The van der Waals surface area contributed by atoms with Crippen LogP contribution < -0.4 is 10.5 Å². The summed E-state index contributed by atoms with van der Waals surface area (Å²) < 4.78 is 23.5. The van der Waals surface area contributed by atoms with Gasteiger partial charge in [0.15, 0.2) is 11.2 Å². The fourth-order valence-electron chi connectivity index (χ4n) is 5.04. The van der Waals surface area contributed by atoms with Crippen molar-refractivity contribution in [2.24, 2.45) is 0 Å².